The van der Waals surface area contributed by atoms with Crippen LogP contribution in [0, 0.1) is 13.8 Å². The van der Waals surface area contributed by atoms with Gasteiger partial charge in [-0.3, -0.25) is 9.59 Å². The minimum atomic E-state index is -0.208. The number of carbonyl (C=O) groups excluding carboxylic acids is 2. The molecule has 0 spiro atoms. The van der Waals surface area contributed by atoms with Crippen molar-refractivity contribution in [3.63, 3.8) is 0 Å². The Morgan fingerprint density at radius 1 is 1.03 bits per heavy atom. The predicted octanol–water partition coefficient (Wildman–Crippen LogP) is 4.14. The maximum absolute atomic E-state index is 12.8. The van der Waals surface area contributed by atoms with E-state index < -0.39 is 0 Å². The number of rotatable bonds is 8. The molecule has 2 amide bonds. The van der Waals surface area contributed by atoms with E-state index in [2.05, 4.69) is 9.88 Å². The molecule has 34 heavy (non-hydrogen) atoms. The van der Waals surface area contributed by atoms with Crippen LogP contribution in [0.2, 0.25) is 0 Å². The second-order valence-electron chi connectivity index (χ2n) is 9.05. The fourth-order valence-corrected chi connectivity index (χ4v) is 4.43. The van der Waals surface area contributed by atoms with Gasteiger partial charge < -0.3 is 19.5 Å². The second-order valence-corrected chi connectivity index (χ2v) is 9.05. The molecule has 1 N–H and O–H groups in total. The maximum atomic E-state index is 12.8. The third-order valence-electron chi connectivity index (χ3n) is 6.39. The Hall–Kier alpha value is -3.35. The van der Waals surface area contributed by atoms with Gasteiger partial charge in [-0.1, -0.05) is 37.1 Å². The fraction of sp³-hybridized carbons (Fsp3) is 0.444. The SMILES string of the molecule is Cc1ccc(C)c(OCC(=O)NCc2nc3ccccc3n2CCC(=O)N2CCCCCC2)c1. The first kappa shape index (κ1) is 23.8. The Balaban J connectivity index is 1.39. The van der Waals surface area contributed by atoms with Gasteiger partial charge in [0.2, 0.25) is 5.91 Å². The maximum Gasteiger partial charge on any atom is 0.258 e. The van der Waals surface area contributed by atoms with Crippen LogP contribution in [-0.2, 0) is 22.7 Å². The van der Waals surface area contributed by atoms with E-state index >= 15 is 0 Å². The molecule has 0 bridgehead atoms. The van der Waals surface area contributed by atoms with Gasteiger partial charge in [-0.15, -0.1) is 0 Å². The molecular formula is C27H34N4O3. The minimum Gasteiger partial charge on any atom is -0.483 e. The third-order valence-corrected chi connectivity index (χ3v) is 6.39. The molecule has 4 rings (SSSR count). The van der Waals surface area contributed by atoms with Crippen LogP contribution in [-0.4, -0.2) is 46.0 Å². The van der Waals surface area contributed by atoms with E-state index in [-0.39, 0.29) is 25.0 Å². The summed E-state index contributed by atoms with van der Waals surface area (Å²) in [5, 5.41) is 2.92. The Bertz CT molecular complexity index is 1150. The lowest BCUT2D eigenvalue weighted by Crippen LogP contribution is -2.33. The highest BCUT2D eigenvalue weighted by molar-refractivity contribution is 5.79. The van der Waals surface area contributed by atoms with Gasteiger partial charge in [-0.2, -0.15) is 0 Å². The van der Waals surface area contributed by atoms with Crippen molar-refractivity contribution in [1.29, 1.82) is 0 Å². The van der Waals surface area contributed by atoms with Crippen LogP contribution in [0.25, 0.3) is 11.0 Å². The summed E-state index contributed by atoms with van der Waals surface area (Å²) in [5.41, 5.74) is 3.92. The quantitative estimate of drug-likeness (QED) is 0.546. The first-order chi connectivity index (χ1) is 16.5. The summed E-state index contributed by atoms with van der Waals surface area (Å²) in [6.45, 7) is 6.43. The smallest absolute Gasteiger partial charge is 0.258 e. The van der Waals surface area contributed by atoms with Crippen molar-refractivity contribution in [2.45, 2.75) is 59.0 Å². The summed E-state index contributed by atoms with van der Waals surface area (Å²) in [7, 11) is 0. The Morgan fingerprint density at radius 3 is 2.59 bits per heavy atom. The van der Waals surface area contributed by atoms with E-state index in [1.54, 1.807) is 0 Å². The molecule has 0 unspecified atom stereocenters. The number of aromatic nitrogens is 2. The van der Waals surface area contributed by atoms with Gasteiger partial charge in [0.25, 0.3) is 5.91 Å². The van der Waals surface area contributed by atoms with Crippen LogP contribution in [0.1, 0.15) is 49.1 Å². The highest BCUT2D eigenvalue weighted by atomic mass is 16.5. The van der Waals surface area contributed by atoms with Crippen LogP contribution in [0.15, 0.2) is 42.5 Å². The third kappa shape index (κ3) is 5.95. The number of likely N-dealkylation sites (tertiary alicyclic amines) is 1. The van der Waals surface area contributed by atoms with Gasteiger partial charge in [-0.25, -0.2) is 4.98 Å². The summed E-state index contributed by atoms with van der Waals surface area (Å²) >= 11 is 0. The number of fused-ring (bicyclic) bond motifs is 1. The highest BCUT2D eigenvalue weighted by Crippen LogP contribution is 2.20. The molecule has 0 saturated carbocycles. The fourth-order valence-electron chi connectivity index (χ4n) is 4.43. The summed E-state index contributed by atoms with van der Waals surface area (Å²) in [6, 6.07) is 13.8. The molecule has 180 valence electrons. The molecule has 1 aromatic heterocycles. The summed E-state index contributed by atoms with van der Waals surface area (Å²) < 4.78 is 7.78. The average molecular weight is 463 g/mol. The Morgan fingerprint density at radius 2 is 1.79 bits per heavy atom. The van der Waals surface area contributed by atoms with E-state index in [1.165, 1.54) is 12.8 Å². The number of para-hydroxylation sites is 2. The number of benzene rings is 2. The van der Waals surface area contributed by atoms with Crippen LogP contribution in [0.5, 0.6) is 5.75 Å². The number of nitrogens with zero attached hydrogens (tertiary/aromatic N) is 3. The van der Waals surface area contributed by atoms with Crippen LogP contribution < -0.4 is 10.1 Å². The molecule has 0 radical (unpaired) electrons. The van der Waals surface area contributed by atoms with Crippen molar-refractivity contribution >= 4 is 22.8 Å². The number of amides is 2. The zero-order valence-corrected chi connectivity index (χ0v) is 20.2. The van der Waals surface area contributed by atoms with E-state index in [1.807, 2.05) is 61.2 Å². The molecule has 2 aromatic carbocycles. The van der Waals surface area contributed by atoms with Crippen molar-refractivity contribution in [3.8, 4) is 5.75 Å². The number of hydrogen-bond donors (Lipinski definition) is 1. The summed E-state index contributed by atoms with van der Waals surface area (Å²) in [6.07, 6.45) is 5.00. The van der Waals surface area contributed by atoms with Crippen molar-refractivity contribution in [2.24, 2.45) is 0 Å². The average Bonchev–Trinajstić information content (AvgIpc) is 2.98. The first-order valence-electron chi connectivity index (χ1n) is 12.2. The number of imidazole rings is 1. The van der Waals surface area contributed by atoms with Gasteiger partial charge in [0, 0.05) is 26.1 Å². The normalized spacial score (nSPS) is 14.1. The molecule has 1 aliphatic rings. The zero-order chi connectivity index (χ0) is 23.9. The van der Waals surface area contributed by atoms with Crippen molar-refractivity contribution in [1.82, 2.24) is 19.8 Å². The van der Waals surface area contributed by atoms with Crippen LogP contribution >= 0.6 is 0 Å². The molecule has 7 heteroatoms. The summed E-state index contributed by atoms with van der Waals surface area (Å²) in [4.78, 5) is 32.0. The van der Waals surface area contributed by atoms with Gasteiger partial charge >= 0.3 is 0 Å². The summed E-state index contributed by atoms with van der Waals surface area (Å²) in [5.74, 6) is 1.44. The molecule has 3 aromatic rings. The van der Waals surface area contributed by atoms with Gasteiger partial charge in [-0.05, 0) is 56.0 Å². The van der Waals surface area contributed by atoms with Crippen molar-refractivity contribution < 1.29 is 14.3 Å². The van der Waals surface area contributed by atoms with E-state index in [4.69, 9.17) is 9.72 Å². The van der Waals surface area contributed by atoms with Crippen molar-refractivity contribution in [2.75, 3.05) is 19.7 Å². The van der Waals surface area contributed by atoms with E-state index in [9.17, 15) is 9.59 Å². The van der Waals surface area contributed by atoms with Crippen LogP contribution in [0.3, 0.4) is 0 Å². The van der Waals surface area contributed by atoms with Crippen LogP contribution in [0.4, 0.5) is 0 Å². The largest absolute Gasteiger partial charge is 0.483 e. The monoisotopic (exact) mass is 462 g/mol. The number of nitrogens with one attached hydrogen (secondary N) is 1. The lowest BCUT2D eigenvalue weighted by Gasteiger charge is -2.20. The first-order valence-corrected chi connectivity index (χ1v) is 12.2. The topological polar surface area (TPSA) is 76.5 Å². The highest BCUT2D eigenvalue weighted by Gasteiger charge is 2.18. The molecule has 0 aliphatic carbocycles. The number of carbonyl (C=O) groups is 2. The molecule has 1 aliphatic heterocycles. The Labute approximate surface area is 201 Å². The zero-order valence-electron chi connectivity index (χ0n) is 20.2. The minimum absolute atomic E-state index is 0.0576. The lowest BCUT2D eigenvalue weighted by molar-refractivity contribution is -0.131. The standard InChI is InChI=1S/C27H34N4O3/c1-20-11-12-21(2)24(17-20)34-19-26(32)28-18-25-29-22-9-5-6-10-23(22)31(25)16-13-27(33)30-14-7-3-4-8-15-30/h5-6,9-12,17H,3-4,7-8,13-16,18-19H2,1-2H3,(H,28,32). The predicted molar refractivity (Wildman–Crippen MR) is 133 cm³/mol. The van der Waals surface area contributed by atoms with Gasteiger partial charge in [0.1, 0.15) is 11.6 Å². The van der Waals surface area contributed by atoms with Gasteiger partial charge in [0.15, 0.2) is 6.61 Å². The molecular weight excluding hydrogens is 428 g/mol. The second kappa shape index (κ2) is 11.2. The van der Waals surface area contributed by atoms with Crippen molar-refractivity contribution in [3.05, 3.63) is 59.4 Å². The van der Waals surface area contributed by atoms with E-state index in [0.29, 0.717) is 13.0 Å². The van der Waals surface area contributed by atoms with Gasteiger partial charge in [0.05, 0.1) is 17.6 Å². The van der Waals surface area contributed by atoms with E-state index in [0.717, 1.165) is 59.7 Å². The molecule has 7 nitrogen and oxygen atoms in total. The molecule has 2 heterocycles. The number of hydrogen-bond acceptors (Lipinski definition) is 4. The number of ether oxygens (including phenoxy) is 1. The Kier molecular flexibility index (Phi) is 7.83. The number of aryl methyl sites for hydroxylation is 3. The molecule has 0 atom stereocenters. The molecule has 1 fully saturated rings. The lowest BCUT2D eigenvalue weighted by atomic mass is 10.1. The molecule has 1 saturated heterocycles.